The molecule has 21 heavy (non-hydrogen) atoms. The summed E-state index contributed by atoms with van der Waals surface area (Å²) in [5.41, 5.74) is 0. The number of amides is 1. The molecular formula is C16H28N2O2S. The smallest absolute Gasteiger partial charge is 0.240 e. The molecule has 1 amide bonds. The Morgan fingerprint density at radius 2 is 2.14 bits per heavy atom. The minimum atomic E-state index is 0.0412. The number of rotatable bonds is 4. The maximum atomic E-state index is 13.0. The van der Waals surface area contributed by atoms with Crippen molar-refractivity contribution >= 4 is 17.7 Å². The molecule has 3 aliphatic rings. The summed E-state index contributed by atoms with van der Waals surface area (Å²) >= 11 is 1.98. The van der Waals surface area contributed by atoms with Gasteiger partial charge in [0.25, 0.3) is 0 Å². The molecule has 0 aromatic carbocycles. The zero-order chi connectivity index (χ0) is 14.5. The zero-order valence-electron chi connectivity index (χ0n) is 12.9. The van der Waals surface area contributed by atoms with E-state index in [0.717, 1.165) is 51.1 Å². The van der Waals surface area contributed by atoms with Crippen molar-refractivity contribution in [1.82, 2.24) is 10.2 Å². The Bertz CT molecular complexity index is 333. The van der Waals surface area contributed by atoms with E-state index in [1.54, 1.807) is 0 Å². The van der Waals surface area contributed by atoms with E-state index in [1.807, 2.05) is 11.8 Å². The van der Waals surface area contributed by atoms with Gasteiger partial charge in [-0.25, -0.2) is 0 Å². The Kier molecular flexibility index (Phi) is 5.83. The molecule has 0 radical (unpaired) electrons. The van der Waals surface area contributed by atoms with E-state index in [2.05, 4.69) is 10.2 Å². The van der Waals surface area contributed by atoms with Gasteiger partial charge in [-0.05, 0) is 44.4 Å². The standard InChI is InChI=1S/C16H28N2O2S/c19-16(15-6-2-1-3-8-17-15)18(13-7-10-21-12-13)11-14-5-4-9-20-14/h13-15,17H,1-12H2. The summed E-state index contributed by atoms with van der Waals surface area (Å²) in [6, 6.07) is 0.469. The summed E-state index contributed by atoms with van der Waals surface area (Å²) in [6.07, 6.45) is 8.31. The molecule has 0 aliphatic carbocycles. The number of thioether (sulfide) groups is 1. The van der Waals surface area contributed by atoms with E-state index in [-0.39, 0.29) is 12.1 Å². The summed E-state index contributed by atoms with van der Waals surface area (Å²) in [5, 5.41) is 3.47. The van der Waals surface area contributed by atoms with Crippen molar-refractivity contribution < 1.29 is 9.53 Å². The summed E-state index contributed by atoms with van der Waals surface area (Å²) < 4.78 is 5.78. The fourth-order valence-electron chi connectivity index (χ4n) is 3.63. The van der Waals surface area contributed by atoms with Crippen LogP contribution in [0, 0.1) is 0 Å². The topological polar surface area (TPSA) is 41.6 Å². The van der Waals surface area contributed by atoms with Crippen molar-refractivity contribution in [2.45, 2.75) is 63.1 Å². The van der Waals surface area contributed by atoms with Crippen LogP contribution in [0.15, 0.2) is 0 Å². The number of nitrogens with zero attached hydrogens (tertiary/aromatic N) is 1. The highest BCUT2D eigenvalue weighted by Gasteiger charge is 2.34. The fraction of sp³-hybridized carbons (Fsp3) is 0.938. The quantitative estimate of drug-likeness (QED) is 0.862. The van der Waals surface area contributed by atoms with Gasteiger partial charge in [-0.3, -0.25) is 4.79 Å². The molecule has 0 aromatic rings. The molecule has 3 unspecified atom stereocenters. The van der Waals surface area contributed by atoms with E-state index >= 15 is 0 Å². The number of ether oxygens (including phenoxy) is 1. The van der Waals surface area contributed by atoms with E-state index in [9.17, 15) is 4.79 Å². The van der Waals surface area contributed by atoms with Gasteiger partial charge in [0.1, 0.15) is 0 Å². The third-order valence-electron chi connectivity index (χ3n) is 4.91. The van der Waals surface area contributed by atoms with Crippen LogP contribution in [-0.2, 0) is 9.53 Å². The van der Waals surface area contributed by atoms with Crippen molar-refractivity contribution in [3.63, 3.8) is 0 Å². The van der Waals surface area contributed by atoms with Gasteiger partial charge >= 0.3 is 0 Å². The molecule has 3 aliphatic heterocycles. The third-order valence-corrected chi connectivity index (χ3v) is 6.06. The number of hydrogen-bond acceptors (Lipinski definition) is 4. The van der Waals surface area contributed by atoms with Gasteiger partial charge in [-0.15, -0.1) is 0 Å². The molecule has 1 N–H and O–H groups in total. The van der Waals surface area contributed by atoms with Crippen LogP contribution in [0.1, 0.15) is 44.9 Å². The van der Waals surface area contributed by atoms with Crippen molar-refractivity contribution in [2.75, 3.05) is 31.2 Å². The first-order valence-corrected chi connectivity index (χ1v) is 9.73. The lowest BCUT2D eigenvalue weighted by Gasteiger charge is -2.33. The lowest BCUT2D eigenvalue weighted by atomic mass is 10.1. The highest BCUT2D eigenvalue weighted by Crippen LogP contribution is 2.26. The normalized spacial score (nSPS) is 33.8. The van der Waals surface area contributed by atoms with Gasteiger partial charge in [0, 0.05) is 24.9 Å². The van der Waals surface area contributed by atoms with Gasteiger partial charge in [0.05, 0.1) is 12.1 Å². The molecule has 0 saturated carbocycles. The second-order valence-electron chi connectivity index (χ2n) is 6.50. The fourth-order valence-corrected chi connectivity index (χ4v) is 4.86. The lowest BCUT2D eigenvalue weighted by Crippen LogP contribution is -2.52. The minimum absolute atomic E-state index is 0.0412. The molecule has 4 nitrogen and oxygen atoms in total. The Morgan fingerprint density at radius 3 is 2.90 bits per heavy atom. The maximum Gasteiger partial charge on any atom is 0.240 e. The average molecular weight is 312 g/mol. The van der Waals surface area contributed by atoms with Gasteiger partial charge in [-0.2, -0.15) is 11.8 Å². The maximum absolute atomic E-state index is 13.0. The molecular weight excluding hydrogens is 284 g/mol. The van der Waals surface area contributed by atoms with Crippen LogP contribution in [-0.4, -0.2) is 60.2 Å². The van der Waals surface area contributed by atoms with Crippen molar-refractivity contribution in [3.8, 4) is 0 Å². The molecule has 3 saturated heterocycles. The zero-order valence-corrected chi connectivity index (χ0v) is 13.7. The molecule has 120 valence electrons. The lowest BCUT2D eigenvalue weighted by molar-refractivity contribution is -0.137. The number of carbonyl (C=O) groups excluding carboxylic acids is 1. The molecule has 0 aromatic heterocycles. The van der Waals surface area contributed by atoms with Crippen LogP contribution in [0.5, 0.6) is 0 Å². The number of nitrogens with one attached hydrogen (secondary N) is 1. The van der Waals surface area contributed by atoms with Crippen molar-refractivity contribution in [3.05, 3.63) is 0 Å². The van der Waals surface area contributed by atoms with Crippen LogP contribution in [0.25, 0.3) is 0 Å². The summed E-state index contributed by atoms with van der Waals surface area (Å²) in [5.74, 6) is 2.63. The second kappa shape index (κ2) is 7.84. The monoisotopic (exact) mass is 312 g/mol. The highest BCUT2D eigenvalue weighted by molar-refractivity contribution is 7.99. The van der Waals surface area contributed by atoms with E-state index in [0.29, 0.717) is 11.9 Å². The Labute approximate surface area is 132 Å². The summed E-state index contributed by atoms with van der Waals surface area (Å²) in [6.45, 7) is 2.67. The second-order valence-corrected chi connectivity index (χ2v) is 7.65. The minimum Gasteiger partial charge on any atom is -0.376 e. The van der Waals surface area contributed by atoms with Crippen molar-refractivity contribution in [1.29, 1.82) is 0 Å². The van der Waals surface area contributed by atoms with E-state index in [4.69, 9.17) is 4.74 Å². The molecule has 3 atom stereocenters. The van der Waals surface area contributed by atoms with Crippen LogP contribution < -0.4 is 5.32 Å². The van der Waals surface area contributed by atoms with Gasteiger partial charge < -0.3 is 15.0 Å². The van der Waals surface area contributed by atoms with Gasteiger partial charge in [0.15, 0.2) is 0 Å². The number of carbonyl (C=O) groups is 1. The van der Waals surface area contributed by atoms with Gasteiger partial charge in [-0.1, -0.05) is 12.8 Å². The molecule has 3 heterocycles. The predicted molar refractivity (Wildman–Crippen MR) is 86.7 cm³/mol. The van der Waals surface area contributed by atoms with Gasteiger partial charge in [0.2, 0.25) is 5.91 Å². The first kappa shape index (κ1) is 15.6. The van der Waals surface area contributed by atoms with Crippen molar-refractivity contribution in [2.24, 2.45) is 0 Å². The van der Waals surface area contributed by atoms with Crippen LogP contribution >= 0.6 is 11.8 Å². The first-order valence-electron chi connectivity index (χ1n) is 8.58. The molecule has 3 fully saturated rings. The SMILES string of the molecule is O=C(C1CCCCCN1)N(CC1CCCO1)C1CCSC1. The van der Waals surface area contributed by atoms with Crippen LogP contribution in [0.3, 0.4) is 0 Å². The van der Waals surface area contributed by atoms with Crippen LogP contribution in [0.2, 0.25) is 0 Å². The summed E-state index contributed by atoms with van der Waals surface area (Å²) in [4.78, 5) is 15.2. The number of hydrogen-bond donors (Lipinski definition) is 1. The Hall–Kier alpha value is -0.260. The molecule has 0 bridgehead atoms. The summed E-state index contributed by atoms with van der Waals surface area (Å²) in [7, 11) is 0. The first-order chi connectivity index (χ1) is 10.3. The highest BCUT2D eigenvalue weighted by atomic mass is 32.2. The average Bonchev–Trinajstić information content (AvgIpc) is 3.13. The van der Waals surface area contributed by atoms with Crippen LogP contribution in [0.4, 0.5) is 0 Å². The largest absolute Gasteiger partial charge is 0.376 e. The molecule has 0 spiro atoms. The van der Waals surface area contributed by atoms with E-state index in [1.165, 1.54) is 25.0 Å². The Morgan fingerprint density at radius 1 is 1.19 bits per heavy atom. The van der Waals surface area contributed by atoms with E-state index < -0.39 is 0 Å². The third kappa shape index (κ3) is 4.14. The molecule has 3 rings (SSSR count). The predicted octanol–water partition coefficient (Wildman–Crippen LogP) is 2.03. The Balaban J connectivity index is 1.65. The molecule has 5 heteroatoms.